The number of hydrogen-bond acceptors (Lipinski definition) is 3. The summed E-state index contributed by atoms with van der Waals surface area (Å²) >= 11 is 0. The van der Waals surface area contributed by atoms with Gasteiger partial charge in [0.2, 0.25) is 0 Å². The van der Waals surface area contributed by atoms with Crippen molar-refractivity contribution in [2.24, 2.45) is 11.3 Å². The van der Waals surface area contributed by atoms with E-state index in [1.807, 2.05) is 6.92 Å². The number of Topliss-reactive ketones (excluding diaryl/α,β-unsaturated/α-hetero) is 1. The molecule has 0 aromatic carbocycles. The van der Waals surface area contributed by atoms with E-state index < -0.39 is 11.0 Å². The van der Waals surface area contributed by atoms with E-state index in [1.54, 1.807) is 0 Å². The van der Waals surface area contributed by atoms with Crippen LogP contribution in [0.5, 0.6) is 0 Å². The third kappa shape index (κ3) is 1.95. The maximum Gasteiger partial charge on any atom is 0.164 e. The molecule has 2 N–H and O–H groups in total. The van der Waals surface area contributed by atoms with Crippen molar-refractivity contribution in [1.29, 1.82) is 0 Å². The van der Waals surface area contributed by atoms with Crippen LogP contribution >= 0.6 is 0 Å². The highest BCUT2D eigenvalue weighted by Crippen LogP contribution is 2.51. The summed E-state index contributed by atoms with van der Waals surface area (Å²) < 4.78 is 0. The van der Waals surface area contributed by atoms with E-state index in [2.05, 4.69) is 0 Å². The van der Waals surface area contributed by atoms with Crippen molar-refractivity contribution in [3.05, 3.63) is 0 Å². The lowest BCUT2D eigenvalue weighted by atomic mass is 9.58. The van der Waals surface area contributed by atoms with Crippen molar-refractivity contribution in [3.63, 3.8) is 0 Å². The van der Waals surface area contributed by atoms with Gasteiger partial charge in [-0.25, -0.2) is 0 Å². The summed E-state index contributed by atoms with van der Waals surface area (Å²) in [6.07, 6.45) is 5.24. The van der Waals surface area contributed by atoms with E-state index >= 15 is 0 Å². The second-order valence-electron chi connectivity index (χ2n) is 5.71. The molecule has 3 nitrogen and oxygen atoms in total. The average Bonchev–Trinajstić information content (AvgIpc) is 2.14. The second-order valence-corrected chi connectivity index (χ2v) is 5.71. The molecule has 2 fully saturated rings. The van der Waals surface area contributed by atoms with Crippen LogP contribution in [0.1, 0.15) is 45.4 Å². The van der Waals surface area contributed by atoms with Crippen LogP contribution in [-0.4, -0.2) is 28.2 Å². The molecule has 0 amide bonds. The van der Waals surface area contributed by atoms with Gasteiger partial charge in [-0.3, -0.25) is 4.79 Å². The van der Waals surface area contributed by atoms with Gasteiger partial charge in [-0.2, -0.15) is 0 Å². The molecule has 2 aliphatic rings. The fourth-order valence-electron chi connectivity index (χ4n) is 3.63. The molecule has 15 heavy (non-hydrogen) atoms. The molecule has 0 heterocycles. The van der Waals surface area contributed by atoms with Crippen molar-refractivity contribution in [1.82, 2.24) is 0 Å². The van der Waals surface area contributed by atoms with Crippen molar-refractivity contribution in [2.45, 2.75) is 51.0 Å². The normalized spacial score (nSPS) is 45.1. The third-order valence-corrected chi connectivity index (χ3v) is 4.20. The van der Waals surface area contributed by atoms with E-state index in [0.29, 0.717) is 12.3 Å². The van der Waals surface area contributed by atoms with E-state index in [1.165, 1.54) is 0 Å². The smallest absolute Gasteiger partial charge is 0.164 e. The van der Waals surface area contributed by atoms with Gasteiger partial charge in [0.1, 0.15) is 6.61 Å². The summed E-state index contributed by atoms with van der Waals surface area (Å²) in [5, 5.41) is 19.3. The van der Waals surface area contributed by atoms with Crippen molar-refractivity contribution >= 4 is 5.78 Å². The van der Waals surface area contributed by atoms with Crippen LogP contribution in [0, 0.1) is 11.3 Å². The molecule has 0 radical (unpaired) electrons. The Hall–Kier alpha value is -0.410. The monoisotopic (exact) mass is 212 g/mol. The van der Waals surface area contributed by atoms with E-state index in [-0.39, 0.29) is 12.4 Å². The average molecular weight is 212 g/mol. The van der Waals surface area contributed by atoms with Gasteiger partial charge in [-0.1, -0.05) is 19.8 Å². The van der Waals surface area contributed by atoms with Gasteiger partial charge in [0.25, 0.3) is 0 Å². The van der Waals surface area contributed by atoms with Crippen LogP contribution in [0.2, 0.25) is 0 Å². The van der Waals surface area contributed by atoms with Crippen LogP contribution in [0.3, 0.4) is 0 Å². The predicted octanol–water partition coefficient (Wildman–Crippen LogP) is 1.27. The summed E-state index contributed by atoms with van der Waals surface area (Å²) in [6, 6.07) is 0. The lowest BCUT2D eigenvalue weighted by molar-refractivity contribution is -0.146. The number of fused-ring (bicyclic) bond motifs is 2. The van der Waals surface area contributed by atoms with Crippen LogP contribution < -0.4 is 0 Å². The Morgan fingerprint density at radius 2 is 2.20 bits per heavy atom. The fraction of sp³-hybridized carbons (Fsp3) is 0.917. The lowest BCUT2D eigenvalue weighted by Crippen LogP contribution is -2.50. The summed E-state index contributed by atoms with van der Waals surface area (Å²) in [7, 11) is 0. The van der Waals surface area contributed by atoms with Crippen molar-refractivity contribution in [3.8, 4) is 0 Å². The molecular weight excluding hydrogens is 192 g/mol. The first-order valence-corrected chi connectivity index (χ1v) is 5.84. The number of aliphatic hydroxyl groups excluding tert-OH is 1. The Kier molecular flexibility index (Phi) is 2.63. The molecule has 86 valence electrons. The van der Waals surface area contributed by atoms with Gasteiger partial charge in [0, 0.05) is 5.41 Å². The van der Waals surface area contributed by atoms with Gasteiger partial charge < -0.3 is 10.2 Å². The Labute approximate surface area is 90.5 Å². The number of carbonyl (C=O) groups excluding carboxylic acids is 1. The maximum absolute atomic E-state index is 11.7. The highest BCUT2D eigenvalue weighted by atomic mass is 16.3. The van der Waals surface area contributed by atoms with Gasteiger partial charge in [0.15, 0.2) is 5.78 Å². The first kappa shape index (κ1) is 11.1. The molecular formula is C12H20O3. The molecule has 3 unspecified atom stereocenters. The number of rotatable bonds is 2. The molecule has 0 spiro atoms. The first-order valence-electron chi connectivity index (χ1n) is 5.84. The number of aliphatic hydroxyl groups is 2. The van der Waals surface area contributed by atoms with Crippen molar-refractivity contribution < 1.29 is 15.0 Å². The van der Waals surface area contributed by atoms with Crippen LogP contribution in [0.15, 0.2) is 0 Å². The Morgan fingerprint density at radius 3 is 2.80 bits per heavy atom. The summed E-state index contributed by atoms with van der Waals surface area (Å²) in [4.78, 5) is 11.7. The number of hydrogen-bond donors (Lipinski definition) is 2. The molecule has 0 aliphatic heterocycles. The molecule has 0 aromatic rings. The molecule has 2 rings (SSSR count). The van der Waals surface area contributed by atoms with Crippen LogP contribution in [0.4, 0.5) is 0 Å². The van der Waals surface area contributed by atoms with Gasteiger partial charge in [0.05, 0.1) is 5.60 Å². The van der Waals surface area contributed by atoms with Crippen LogP contribution in [0.25, 0.3) is 0 Å². The third-order valence-electron chi connectivity index (χ3n) is 4.20. The fourth-order valence-corrected chi connectivity index (χ4v) is 3.63. The molecule has 3 atom stereocenters. The minimum atomic E-state index is -0.638. The van der Waals surface area contributed by atoms with E-state index in [0.717, 1.165) is 32.1 Å². The molecule has 2 bridgehead atoms. The number of ketones is 1. The van der Waals surface area contributed by atoms with E-state index in [9.17, 15) is 9.90 Å². The molecule has 3 heteroatoms. The Bertz CT molecular complexity index is 276. The molecule has 2 saturated carbocycles. The lowest BCUT2D eigenvalue weighted by Gasteiger charge is -2.49. The molecule has 0 saturated heterocycles. The number of carbonyl (C=O) groups is 1. The standard InChI is InChI=1S/C12H20O3/c1-11(10(14)7-13)5-9-3-2-4-12(15,6-9)8-11/h9,13,15H,2-8H2,1H3. The zero-order valence-corrected chi connectivity index (χ0v) is 9.33. The summed E-state index contributed by atoms with van der Waals surface area (Å²) in [6.45, 7) is 1.51. The topological polar surface area (TPSA) is 57.5 Å². The van der Waals surface area contributed by atoms with Gasteiger partial charge in [-0.15, -0.1) is 0 Å². The predicted molar refractivity (Wildman–Crippen MR) is 56.3 cm³/mol. The van der Waals surface area contributed by atoms with E-state index in [4.69, 9.17) is 5.11 Å². The molecule has 2 aliphatic carbocycles. The highest BCUT2D eigenvalue weighted by Gasteiger charge is 2.49. The zero-order valence-electron chi connectivity index (χ0n) is 9.33. The SMILES string of the molecule is CC1(C(=O)CO)CC2CCCC(O)(C2)C1. The Balaban J connectivity index is 2.20. The van der Waals surface area contributed by atoms with Gasteiger partial charge in [-0.05, 0) is 31.6 Å². The molecule has 0 aromatic heterocycles. The largest absolute Gasteiger partial charge is 0.390 e. The highest BCUT2D eigenvalue weighted by molar-refractivity contribution is 5.85. The minimum Gasteiger partial charge on any atom is -0.390 e. The van der Waals surface area contributed by atoms with Gasteiger partial charge >= 0.3 is 0 Å². The first-order chi connectivity index (χ1) is 6.97. The summed E-state index contributed by atoms with van der Waals surface area (Å²) in [5.74, 6) is 0.366. The second kappa shape index (κ2) is 3.56. The Morgan fingerprint density at radius 1 is 1.47 bits per heavy atom. The minimum absolute atomic E-state index is 0.104. The van der Waals surface area contributed by atoms with Crippen LogP contribution in [-0.2, 0) is 4.79 Å². The van der Waals surface area contributed by atoms with Crippen molar-refractivity contribution in [2.75, 3.05) is 6.61 Å². The summed E-state index contributed by atoms with van der Waals surface area (Å²) in [5.41, 5.74) is -1.13. The zero-order chi connectivity index (χ0) is 11.1. The quantitative estimate of drug-likeness (QED) is 0.724. The maximum atomic E-state index is 11.7.